The second kappa shape index (κ2) is 8.38. The van der Waals surface area contributed by atoms with Crippen LogP contribution in [0.1, 0.15) is 33.3 Å². The SMILES string of the molecule is C=C/C(C)=C/C(C)C(C)(/C(C=C)=C/C=C\C)c1ccccc1. The highest BCUT2D eigenvalue weighted by Crippen LogP contribution is 2.40. The zero-order chi connectivity index (χ0) is 16.6. The lowest BCUT2D eigenvalue weighted by atomic mass is 9.66. The van der Waals surface area contributed by atoms with E-state index in [1.807, 2.05) is 25.2 Å². The van der Waals surface area contributed by atoms with E-state index in [4.69, 9.17) is 0 Å². The van der Waals surface area contributed by atoms with Crippen molar-refractivity contribution in [1.29, 1.82) is 0 Å². The molecular weight excluding hydrogens is 264 g/mol. The van der Waals surface area contributed by atoms with Gasteiger partial charge in [-0.05, 0) is 30.9 Å². The Morgan fingerprint density at radius 3 is 2.27 bits per heavy atom. The van der Waals surface area contributed by atoms with Gasteiger partial charge in [0, 0.05) is 5.41 Å². The van der Waals surface area contributed by atoms with Gasteiger partial charge in [0.2, 0.25) is 0 Å². The molecule has 0 aliphatic carbocycles. The molecule has 1 aromatic carbocycles. The van der Waals surface area contributed by atoms with Gasteiger partial charge in [0.25, 0.3) is 0 Å². The molecule has 0 radical (unpaired) electrons. The topological polar surface area (TPSA) is 0 Å². The van der Waals surface area contributed by atoms with E-state index < -0.39 is 0 Å². The maximum atomic E-state index is 4.04. The highest BCUT2D eigenvalue weighted by molar-refractivity contribution is 5.44. The van der Waals surface area contributed by atoms with E-state index in [0.29, 0.717) is 5.92 Å². The summed E-state index contributed by atoms with van der Waals surface area (Å²) in [5, 5.41) is 0. The van der Waals surface area contributed by atoms with Gasteiger partial charge in [0.1, 0.15) is 0 Å². The minimum absolute atomic E-state index is 0.132. The lowest BCUT2D eigenvalue weighted by molar-refractivity contribution is 0.443. The van der Waals surface area contributed by atoms with E-state index in [0.717, 1.165) is 0 Å². The molecule has 1 aromatic rings. The number of benzene rings is 1. The maximum absolute atomic E-state index is 4.04. The van der Waals surface area contributed by atoms with Crippen LogP contribution in [0.3, 0.4) is 0 Å². The van der Waals surface area contributed by atoms with Crippen LogP contribution in [0.25, 0.3) is 0 Å². The first-order valence-corrected chi connectivity index (χ1v) is 7.83. The summed E-state index contributed by atoms with van der Waals surface area (Å²) in [6.07, 6.45) is 12.5. The van der Waals surface area contributed by atoms with Gasteiger partial charge in [-0.1, -0.05) is 99.4 Å². The van der Waals surface area contributed by atoms with Crippen LogP contribution in [-0.2, 0) is 5.41 Å². The van der Waals surface area contributed by atoms with Gasteiger partial charge in [-0.2, -0.15) is 0 Å². The molecule has 0 saturated heterocycles. The van der Waals surface area contributed by atoms with E-state index in [1.165, 1.54) is 16.7 Å². The number of rotatable bonds is 7. The van der Waals surface area contributed by atoms with Crippen molar-refractivity contribution in [2.75, 3.05) is 0 Å². The summed E-state index contributed by atoms with van der Waals surface area (Å²) >= 11 is 0. The standard InChI is InChI=1S/C22H28/c1-7-10-14-20(9-3)22(6,19(5)17-18(4)8-2)21-15-12-11-13-16-21/h7-17,19H,2-3H2,1,4-6H3/b10-7-,18-17+,20-14+. The Morgan fingerprint density at radius 1 is 1.14 bits per heavy atom. The van der Waals surface area contributed by atoms with E-state index >= 15 is 0 Å². The third-order valence-corrected chi connectivity index (χ3v) is 4.41. The number of hydrogen-bond acceptors (Lipinski definition) is 0. The van der Waals surface area contributed by atoms with Crippen LogP contribution in [0.5, 0.6) is 0 Å². The summed E-state index contributed by atoms with van der Waals surface area (Å²) in [5.41, 5.74) is 3.58. The largest absolute Gasteiger partial charge is 0.0988 e. The van der Waals surface area contributed by atoms with E-state index in [1.54, 1.807) is 0 Å². The number of allylic oxidation sites excluding steroid dienone is 8. The fourth-order valence-corrected chi connectivity index (χ4v) is 2.76. The fraction of sp³-hybridized carbons (Fsp3) is 0.273. The summed E-state index contributed by atoms with van der Waals surface area (Å²) in [4.78, 5) is 0. The third-order valence-electron chi connectivity index (χ3n) is 4.41. The minimum Gasteiger partial charge on any atom is -0.0988 e. The molecule has 0 aromatic heterocycles. The van der Waals surface area contributed by atoms with Crippen LogP contribution < -0.4 is 0 Å². The molecule has 0 heteroatoms. The molecule has 0 spiro atoms. The summed E-state index contributed by atoms with van der Waals surface area (Å²) in [6.45, 7) is 16.6. The van der Waals surface area contributed by atoms with Crippen LogP contribution in [-0.4, -0.2) is 0 Å². The van der Waals surface area contributed by atoms with Gasteiger partial charge in [-0.15, -0.1) is 0 Å². The molecular formula is C22H28. The zero-order valence-electron chi connectivity index (χ0n) is 14.3. The average Bonchev–Trinajstić information content (AvgIpc) is 2.55. The summed E-state index contributed by atoms with van der Waals surface area (Å²) < 4.78 is 0. The summed E-state index contributed by atoms with van der Waals surface area (Å²) in [7, 11) is 0. The van der Waals surface area contributed by atoms with Crippen molar-refractivity contribution in [3.05, 3.63) is 96.7 Å². The highest BCUT2D eigenvalue weighted by atomic mass is 14.4. The first-order valence-electron chi connectivity index (χ1n) is 7.83. The van der Waals surface area contributed by atoms with Crippen molar-refractivity contribution in [3.8, 4) is 0 Å². The van der Waals surface area contributed by atoms with Crippen molar-refractivity contribution >= 4 is 0 Å². The van der Waals surface area contributed by atoms with Crippen molar-refractivity contribution in [2.24, 2.45) is 5.92 Å². The Balaban J connectivity index is 3.50. The maximum Gasteiger partial charge on any atom is 0.0234 e. The Bertz CT molecular complexity index is 584. The van der Waals surface area contributed by atoms with Gasteiger partial charge < -0.3 is 0 Å². The Morgan fingerprint density at radius 2 is 1.77 bits per heavy atom. The second-order valence-electron chi connectivity index (χ2n) is 5.82. The summed E-state index contributed by atoms with van der Waals surface area (Å²) in [5.74, 6) is 0.322. The minimum atomic E-state index is -0.132. The molecule has 0 saturated carbocycles. The predicted octanol–water partition coefficient (Wildman–Crippen LogP) is 6.40. The molecule has 0 aliphatic rings. The molecule has 0 N–H and O–H groups in total. The Kier molecular flexibility index (Phi) is 6.85. The van der Waals surface area contributed by atoms with Crippen LogP contribution in [0.15, 0.2) is 91.1 Å². The molecule has 0 bridgehead atoms. The van der Waals surface area contributed by atoms with E-state index in [-0.39, 0.29) is 5.41 Å². The van der Waals surface area contributed by atoms with Crippen LogP contribution >= 0.6 is 0 Å². The van der Waals surface area contributed by atoms with E-state index in [9.17, 15) is 0 Å². The molecule has 0 aliphatic heterocycles. The molecule has 0 amide bonds. The monoisotopic (exact) mass is 292 g/mol. The van der Waals surface area contributed by atoms with Crippen molar-refractivity contribution in [1.82, 2.24) is 0 Å². The second-order valence-corrected chi connectivity index (χ2v) is 5.82. The molecule has 1 rings (SSSR count). The average molecular weight is 292 g/mol. The third kappa shape index (κ3) is 3.98. The molecule has 0 heterocycles. The molecule has 0 nitrogen and oxygen atoms in total. The first kappa shape index (κ1) is 18.0. The number of hydrogen-bond donors (Lipinski definition) is 0. The van der Waals surface area contributed by atoms with Crippen molar-refractivity contribution in [2.45, 2.75) is 33.1 Å². The molecule has 0 fully saturated rings. The Labute approximate surface area is 136 Å². The van der Waals surface area contributed by atoms with Crippen molar-refractivity contribution in [3.63, 3.8) is 0 Å². The lowest BCUT2D eigenvalue weighted by Crippen LogP contribution is -2.31. The Hall–Kier alpha value is -2.08. The van der Waals surface area contributed by atoms with Gasteiger partial charge in [0.05, 0.1) is 0 Å². The van der Waals surface area contributed by atoms with Gasteiger partial charge in [-0.3, -0.25) is 0 Å². The summed E-state index contributed by atoms with van der Waals surface area (Å²) in [6, 6.07) is 10.6. The molecule has 2 atom stereocenters. The smallest absolute Gasteiger partial charge is 0.0234 e. The molecule has 2 unspecified atom stereocenters. The normalized spacial score (nSPS) is 17.1. The van der Waals surface area contributed by atoms with Crippen LogP contribution in [0.4, 0.5) is 0 Å². The quantitative estimate of drug-likeness (QED) is 0.510. The highest BCUT2D eigenvalue weighted by Gasteiger charge is 2.34. The molecule has 116 valence electrons. The van der Waals surface area contributed by atoms with Gasteiger partial charge in [-0.25, -0.2) is 0 Å². The van der Waals surface area contributed by atoms with Gasteiger partial charge in [0.15, 0.2) is 0 Å². The van der Waals surface area contributed by atoms with Crippen LogP contribution in [0, 0.1) is 5.92 Å². The van der Waals surface area contributed by atoms with Crippen LogP contribution in [0.2, 0.25) is 0 Å². The predicted molar refractivity (Wildman–Crippen MR) is 100 cm³/mol. The molecule has 22 heavy (non-hydrogen) atoms. The fourth-order valence-electron chi connectivity index (χ4n) is 2.76. The lowest BCUT2D eigenvalue weighted by Gasteiger charge is -2.37. The zero-order valence-corrected chi connectivity index (χ0v) is 14.3. The first-order chi connectivity index (χ1) is 10.5. The van der Waals surface area contributed by atoms with E-state index in [2.05, 4.69) is 82.5 Å². The van der Waals surface area contributed by atoms with Gasteiger partial charge >= 0.3 is 0 Å². The van der Waals surface area contributed by atoms with Crippen molar-refractivity contribution < 1.29 is 0 Å².